The number of H-pyrrole nitrogens is 1. The van der Waals surface area contributed by atoms with E-state index < -0.39 is 0 Å². The van der Waals surface area contributed by atoms with Gasteiger partial charge in [0.1, 0.15) is 0 Å². The van der Waals surface area contributed by atoms with E-state index in [1.807, 2.05) is 6.92 Å². The Bertz CT molecular complexity index is 862. The van der Waals surface area contributed by atoms with Crippen LogP contribution in [0, 0.1) is 13.8 Å². The largest absolute Gasteiger partial charge is 0.361 e. The molecule has 6 heteroatoms. The molecule has 0 spiro atoms. The zero-order valence-corrected chi connectivity index (χ0v) is 15.8. The number of hydrogen-bond donors (Lipinski definition) is 3. The Morgan fingerprint density at radius 1 is 1.20 bits per heavy atom. The monoisotopic (exact) mass is 355 g/mol. The topological polar surface area (TPSA) is 65.1 Å². The van der Waals surface area contributed by atoms with E-state index in [1.54, 1.807) is 18.4 Å². The summed E-state index contributed by atoms with van der Waals surface area (Å²) in [5.74, 6) is 0.837. The number of aromatic amines is 1. The zero-order chi connectivity index (χ0) is 17.6. The van der Waals surface area contributed by atoms with E-state index in [9.17, 15) is 0 Å². The molecule has 3 aromatic rings. The number of guanidine groups is 1. The van der Waals surface area contributed by atoms with Crippen LogP contribution in [0.4, 0.5) is 0 Å². The number of hydrogen-bond acceptors (Lipinski definition) is 3. The number of nitrogens with zero attached hydrogens (tertiary/aromatic N) is 2. The molecule has 0 fully saturated rings. The highest BCUT2D eigenvalue weighted by molar-refractivity contribution is 7.09. The average molecular weight is 356 g/mol. The maximum Gasteiger partial charge on any atom is 0.190 e. The third kappa shape index (κ3) is 4.39. The van der Waals surface area contributed by atoms with Crippen LogP contribution in [0.5, 0.6) is 0 Å². The average Bonchev–Trinajstić information content (AvgIpc) is 3.20. The Kier molecular flexibility index (Phi) is 5.71. The highest BCUT2D eigenvalue weighted by Crippen LogP contribution is 2.22. The fourth-order valence-corrected chi connectivity index (χ4v) is 3.66. The number of aliphatic imine (C=N–C) groups is 1. The maximum absolute atomic E-state index is 4.48. The van der Waals surface area contributed by atoms with E-state index in [0.717, 1.165) is 42.6 Å². The molecule has 3 rings (SSSR count). The van der Waals surface area contributed by atoms with Gasteiger partial charge in [-0.15, -0.1) is 11.3 Å². The first-order valence-corrected chi connectivity index (χ1v) is 9.46. The normalized spacial score (nSPS) is 11.9. The lowest BCUT2D eigenvalue weighted by Crippen LogP contribution is -2.39. The fraction of sp³-hybridized carbons (Fsp3) is 0.368. The van der Waals surface area contributed by atoms with Crippen LogP contribution in [0.1, 0.15) is 21.8 Å². The summed E-state index contributed by atoms with van der Waals surface area (Å²) in [5, 5.41) is 11.3. The number of rotatable bonds is 6. The molecule has 0 bridgehead atoms. The number of nitrogens with one attached hydrogen (secondary N) is 3. The van der Waals surface area contributed by atoms with E-state index in [1.165, 1.54) is 22.0 Å². The highest BCUT2D eigenvalue weighted by atomic mass is 32.1. The second kappa shape index (κ2) is 8.16. The minimum atomic E-state index is 0.828. The summed E-state index contributed by atoms with van der Waals surface area (Å²) < 4.78 is 0. The summed E-state index contributed by atoms with van der Waals surface area (Å²) in [4.78, 5) is 12.1. The number of aromatic nitrogens is 2. The standard InChI is InChI=1S/C19H25N5S/c1-13-5-4-6-17-18(13)15(11-23-17)7-9-21-19(20-3)22-10-8-16-12-25-14(2)24-16/h4-6,11-12,23H,7-10H2,1-3H3,(H2,20,21,22). The molecule has 2 aromatic heterocycles. The van der Waals surface area contributed by atoms with Crippen molar-refractivity contribution in [2.45, 2.75) is 26.7 Å². The van der Waals surface area contributed by atoms with E-state index in [-0.39, 0.29) is 0 Å². The van der Waals surface area contributed by atoms with Crippen molar-refractivity contribution in [1.29, 1.82) is 0 Å². The van der Waals surface area contributed by atoms with Crippen molar-refractivity contribution in [3.05, 3.63) is 51.6 Å². The second-order valence-corrected chi connectivity index (χ2v) is 7.16. The van der Waals surface area contributed by atoms with Crippen molar-refractivity contribution in [1.82, 2.24) is 20.6 Å². The van der Waals surface area contributed by atoms with Gasteiger partial charge in [0.2, 0.25) is 0 Å². The molecule has 25 heavy (non-hydrogen) atoms. The molecule has 0 unspecified atom stereocenters. The first kappa shape index (κ1) is 17.5. The number of benzene rings is 1. The lowest BCUT2D eigenvalue weighted by molar-refractivity contribution is 0.778. The lowest BCUT2D eigenvalue weighted by Gasteiger charge is -2.11. The van der Waals surface area contributed by atoms with Crippen molar-refractivity contribution in [2.24, 2.45) is 4.99 Å². The molecule has 1 aromatic carbocycles. The smallest absolute Gasteiger partial charge is 0.190 e. The number of thiazole rings is 1. The Morgan fingerprint density at radius 3 is 2.72 bits per heavy atom. The van der Waals surface area contributed by atoms with Gasteiger partial charge in [-0.05, 0) is 37.5 Å². The van der Waals surface area contributed by atoms with Gasteiger partial charge < -0.3 is 15.6 Å². The molecule has 0 radical (unpaired) electrons. The molecule has 0 amide bonds. The molecule has 5 nitrogen and oxygen atoms in total. The van der Waals surface area contributed by atoms with Crippen LogP contribution >= 0.6 is 11.3 Å². The van der Waals surface area contributed by atoms with Crippen LogP contribution in [0.15, 0.2) is 34.8 Å². The van der Waals surface area contributed by atoms with Gasteiger partial charge in [0, 0.05) is 49.0 Å². The van der Waals surface area contributed by atoms with E-state index in [0.29, 0.717) is 0 Å². The molecule has 0 aliphatic heterocycles. The predicted octanol–water partition coefficient (Wildman–Crippen LogP) is 3.19. The first-order valence-electron chi connectivity index (χ1n) is 8.58. The summed E-state index contributed by atoms with van der Waals surface area (Å²) in [6, 6.07) is 6.37. The van der Waals surface area contributed by atoms with Crippen LogP contribution in [0.3, 0.4) is 0 Å². The van der Waals surface area contributed by atoms with Crippen molar-refractivity contribution < 1.29 is 0 Å². The van der Waals surface area contributed by atoms with E-state index in [2.05, 4.69) is 62.3 Å². The van der Waals surface area contributed by atoms with Crippen LogP contribution in [0.2, 0.25) is 0 Å². The molecular weight excluding hydrogens is 330 g/mol. The Hall–Kier alpha value is -2.34. The van der Waals surface area contributed by atoms with Crippen LogP contribution in [0.25, 0.3) is 10.9 Å². The van der Waals surface area contributed by atoms with Crippen molar-refractivity contribution >= 4 is 28.2 Å². The molecule has 0 saturated heterocycles. The van der Waals surface area contributed by atoms with E-state index in [4.69, 9.17) is 0 Å². The van der Waals surface area contributed by atoms with Crippen molar-refractivity contribution in [2.75, 3.05) is 20.1 Å². The fourth-order valence-electron chi connectivity index (χ4n) is 3.02. The van der Waals surface area contributed by atoms with Gasteiger partial charge >= 0.3 is 0 Å². The molecule has 0 aliphatic rings. The molecule has 0 atom stereocenters. The summed E-state index contributed by atoms with van der Waals surface area (Å²) >= 11 is 1.70. The predicted molar refractivity (Wildman–Crippen MR) is 107 cm³/mol. The number of fused-ring (bicyclic) bond motifs is 1. The molecule has 2 heterocycles. The molecule has 0 saturated carbocycles. The van der Waals surface area contributed by atoms with E-state index >= 15 is 0 Å². The van der Waals surface area contributed by atoms with Gasteiger partial charge in [-0.1, -0.05) is 12.1 Å². The highest BCUT2D eigenvalue weighted by Gasteiger charge is 2.06. The van der Waals surface area contributed by atoms with Gasteiger partial charge in [0.25, 0.3) is 0 Å². The third-order valence-electron chi connectivity index (χ3n) is 4.25. The van der Waals surface area contributed by atoms with Gasteiger partial charge in [-0.25, -0.2) is 4.98 Å². The lowest BCUT2D eigenvalue weighted by atomic mass is 10.1. The molecular formula is C19H25N5S. The number of aryl methyl sites for hydroxylation is 2. The Labute approximate surface area is 152 Å². The first-order chi connectivity index (χ1) is 12.2. The Morgan fingerprint density at radius 2 is 2.00 bits per heavy atom. The third-order valence-corrected chi connectivity index (χ3v) is 5.07. The van der Waals surface area contributed by atoms with Gasteiger partial charge in [0.15, 0.2) is 5.96 Å². The summed E-state index contributed by atoms with van der Waals surface area (Å²) in [6.45, 7) is 5.87. The van der Waals surface area contributed by atoms with Gasteiger partial charge in [-0.3, -0.25) is 4.99 Å². The summed E-state index contributed by atoms with van der Waals surface area (Å²) in [6.07, 6.45) is 3.98. The summed E-state index contributed by atoms with van der Waals surface area (Å²) in [7, 11) is 1.80. The van der Waals surface area contributed by atoms with Crippen LogP contribution in [-0.2, 0) is 12.8 Å². The quantitative estimate of drug-likeness (QED) is 0.470. The Balaban J connectivity index is 1.48. The minimum absolute atomic E-state index is 0.828. The van der Waals surface area contributed by atoms with Crippen LogP contribution in [-0.4, -0.2) is 36.1 Å². The zero-order valence-electron chi connectivity index (χ0n) is 15.0. The SMILES string of the molecule is CN=C(NCCc1csc(C)n1)NCCc1c[nH]c2cccc(C)c12. The minimum Gasteiger partial charge on any atom is -0.361 e. The van der Waals surface area contributed by atoms with Crippen molar-refractivity contribution in [3.8, 4) is 0 Å². The van der Waals surface area contributed by atoms with Gasteiger partial charge in [0.05, 0.1) is 10.7 Å². The van der Waals surface area contributed by atoms with Crippen molar-refractivity contribution in [3.63, 3.8) is 0 Å². The molecule has 3 N–H and O–H groups in total. The van der Waals surface area contributed by atoms with Gasteiger partial charge in [-0.2, -0.15) is 0 Å². The summed E-state index contributed by atoms with van der Waals surface area (Å²) in [5.41, 5.74) is 5.00. The maximum atomic E-state index is 4.48. The second-order valence-electron chi connectivity index (χ2n) is 6.10. The molecule has 132 valence electrons. The van der Waals surface area contributed by atoms with Crippen LogP contribution < -0.4 is 10.6 Å². The molecule has 0 aliphatic carbocycles.